The molecule has 0 saturated carbocycles. The summed E-state index contributed by atoms with van der Waals surface area (Å²) in [6.07, 6.45) is 2.36. The molecule has 19 heavy (non-hydrogen) atoms. The molecule has 106 valence electrons. The van der Waals surface area contributed by atoms with Crippen LogP contribution in [-0.2, 0) is 27.4 Å². The minimum absolute atomic E-state index is 0.00172. The molecule has 1 aromatic heterocycles. The first-order valence-corrected chi connectivity index (χ1v) is 6.00. The summed E-state index contributed by atoms with van der Waals surface area (Å²) in [6, 6.07) is 0. The molecule has 1 aromatic rings. The van der Waals surface area contributed by atoms with Crippen molar-refractivity contribution in [2.75, 3.05) is 6.61 Å². The molecule has 1 rings (SSSR count). The van der Waals surface area contributed by atoms with Crippen LogP contribution >= 0.6 is 0 Å². The zero-order valence-corrected chi connectivity index (χ0v) is 11.0. The topological polar surface area (TPSA) is 106 Å². The standard InChI is InChI=1S/C11H18N4O4/c1-3-8(2)19-7-10(16)12-4-9-5-15(14-13-9)6-11(17)18/h5,8H,3-4,6-7H2,1-2H3,(H,12,16)(H,17,18). The van der Waals surface area contributed by atoms with E-state index in [0.717, 1.165) is 6.42 Å². The van der Waals surface area contributed by atoms with Gasteiger partial charge in [-0.15, -0.1) is 5.10 Å². The van der Waals surface area contributed by atoms with Crippen molar-refractivity contribution in [2.24, 2.45) is 0 Å². The molecular formula is C11H18N4O4. The number of carbonyl (C=O) groups excluding carboxylic acids is 1. The molecule has 0 bridgehead atoms. The number of carboxylic acid groups (broad SMARTS) is 1. The lowest BCUT2D eigenvalue weighted by Gasteiger charge is -2.09. The van der Waals surface area contributed by atoms with Crippen LogP contribution in [-0.4, -0.2) is 44.7 Å². The van der Waals surface area contributed by atoms with Crippen molar-refractivity contribution < 1.29 is 19.4 Å². The maximum Gasteiger partial charge on any atom is 0.325 e. The summed E-state index contributed by atoms with van der Waals surface area (Å²) in [5.74, 6) is -1.24. The van der Waals surface area contributed by atoms with Gasteiger partial charge in [0, 0.05) is 0 Å². The summed E-state index contributed by atoms with van der Waals surface area (Å²) in [4.78, 5) is 21.9. The maximum atomic E-state index is 11.4. The second-order valence-corrected chi connectivity index (χ2v) is 4.11. The summed E-state index contributed by atoms with van der Waals surface area (Å²) < 4.78 is 6.46. The summed E-state index contributed by atoms with van der Waals surface area (Å²) in [5, 5.41) is 18.6. The Balaban J connectivity index is 2.30. The van der Waals surface area contributed by atoms with Crippen LogP contribution in [0.5, 0.6) is 0 Å². The van der Waals surface area contributed by atoms with Gasteiger partial charge in [0.05, 0.1) is 18.8 Å². The van der Waals surface area contributed by atoms with Crippen LogP contribution in [0.15, 0.2) is 6.20 Å². The molecule has 1 heterocycles. The van der Waals surface area contributed by atoms with Crippen molar-refractivity contribution in [3.05, 3.63) is 11.9 Å². The van der Waals surface area contributed by atoms with Gasteiger partial charge < -0.3 is 15.2 Å². The number of carbonyl (C=O) groups is 2. The largest absolute Gasteiger partial charge is 0.480 e. The normalized spacial score (nSPS) is 12.1. The van der Waals surface area contributed by atoms with E-state index in [1.54, 1.807) is 0 Å². The van der Waals surface area contributed by atoms with E-state index in [4.69, 9.17) is 9.84 Å². The molecule has 0 aliphatic carbocycles. The van der Waals surface area contributed by atoms with Gasteiger partial charge in [0.25, 0.3) is 0 Å². The summed E-state index contributed by atoms with van der Waals surface area (Å²) in [5.41, 5.74) is 0.498. The van der Waals surface area contributed by atoms with Crippen LogP contribution in [0.1, 0.15) is 26.0 Å². The highest BCUT2D eigenvalue weighted by atomic mass is 16.5. The number of hydrogen-bond donors (Lipinski definition) is 2. The lowest BCUT2D eigenvalue weighted by atomic mass is 10.3. The first-order chi connectivity index (χ1) is 9.01. The van der Waals surface area contributed by atoms with Gasteiger partial charge in [-0.1, -0.05) is 12.1 Å². The Morgan fingerprint density at radius 2 is 2.32 bits per heavy atom. The smallest absolute Gasteiger partial charge is 0.325 e. The third kappa shape index (κ3) is 5.96. The van der Waals surface area contributed by atoms with Crippen molar-refractivity contribution in [1.82, 2.24) is 20.3 Å². The fourth-order valence-electron chi connectivity index (χ4n) is 1.21. The van der Waals surface area contributed by atoms with Crippen molar-refractivity contribution >= 4 is 11.9 Å². The van der Waals surface area contributed by atoms with Gasteiger partial charge >= 0.3 is 5.97 Å². The quantitative estimate of drug-likeness (QED) is 0.677. The van der Waals surface area contributed by atoms with Gasteiger partial charge in [-0.2, -0.15) is 0 Å². The first kappa shape index (κ1) is 15.1. The molecule has 1 atom stereocenters. The van der Waals surface area contributed by atoms with Gasteiger partial charge in [-0.3, -0.25) is 9.59 Å². The predicted molar refractivity (Wildman–Crippen MR) is 65.2 cm³/mol. The van der Waals surface area contributed by atoms with Gasteiger partial charge in [0.2, 0.25) is 5.91 Å². The molecule has 0 aromatic carbocycles. The second-order valence-electron chi connectivity index (χ2n) is 4.11. The molecule has 0 aliphatic heterocycles. The van der Waals surface area contributed by atoms with Gasteiger partial charge in [-0.05, 0) is 13.3 Å². The third-order valence-electron chi connectivity index (χ3n) is 2.42. The van der Waals surface area contributed by atoms with Crippen LogP contribution < -0.4 is 5.32 Å². The van der Waals surface area contributed by atoms with Crippen LogP contribution in [0, 0.1) is 0 Å². The van der Waals surface area contributed by atoms with Crippen molar-refractivity contribution in [3.8, 4) is 0 Å². The molecule has 8 heteroatoms. The molecular weight excluding hydrogens is 252 g/mol. The number of aromatic nitrogens is 3. The number of amides is 1. The summed E-state index contributed by atoms with van der Waals surface area (Å²) >= 11 is 0. The zero-order valence-electron chi connectivity index (χ0n) is 11.0. The fourth-order valence-corrected chi connectivity index (χ4v) is 1.21. The van der Waals surface area contributed by atoms with E-state index in [-0.39, 0.29) is 31.7 Å². The lowest BCUT2D eigenvalue weighted by Crippen LogP contribution is -2.28. The number of hydrogen-bond acceptors (Lipinski definition) is 5. The third-order valence-corrected chi connectivity index (χ3v) is 2.42. The Labute approximate surface area is 110 Å². The van der Waals surface area contributed by atoms with Crippen molar-refractivity contribution in [2.45, 2.75) is 39.5 Å². The molecule has 8 nitrogen and oxygen atoms in total. The molecule has 0 aliphatic rings. The zero-order chi connectivity index (χ0) is 14.3. The minimum Gasteiger partial charge on any atom is -0.480 e. The van der Waals surface area contributed by atoms with Gasteiger partial charge in [-0.25, -0.2) is 4.68 Å². The Hall–Kier alpha value is -1.96. The predicted octanol–water partition coefficient (Wildman–Crippen LogP) is -0.206. The SMILES string of the molecule is CCC(C)OCC(=O)NCc1cn(CC(=O)O)nn1. The Bertz CT molecular complexity index is 432. The molecule has 1 unspecified atom stereocenters. The van der Waals surface area contributed by atoms with E-state index in [9.17, 15) is 9.59 Å². The number of aliphatic carboxylic acids is 1. The highest BCUT2D eigenvalue weighted by Gasteiger charge is 2.07. The van der Waals surface area contributed by atoms with Crippen LogP contribution in [0.25, 0.3) is 0 Å². The minimum atomic E-state index is -0.998. The number of nitrogens with zero attached hydrogens (tertiary/aromatic N) is 3. The molecule has 0 fully saturated rings. The molecule has 0 saturated heterocycles. The monoisotopic (exact) mass is 270 g/mol. The average molecular weight is 270 g/mol. The number of ether oxygens (including phenoxy) is 1. The lowest BCUT2D eigenvalue weighted by molar-refractivity contribution is -0.138. The van der Waals surface area contributed by atoms with E-state index in [2.05, 4.69) is 15.6 Å². The Kier molecular flexibility index (Phi) is 5.94. The average Bonchev–Trinajstić information content (AvgIpc) is 2.80. The number of carboxylic acids is 1. The van der Waals surface area contributed by atoms with Gasteiger partial charge in [0.1, 0.15) is 18.8 Å². The van der Waals surface area contributed by atoms with Crippen LogP contribution in [0.4, 0.5) is 0 Å². The highest BCUT2D eigenvalue weighted by molar-refractivity contribution is 5.77. The Morgan fingerprint density at radius 1 is 1.58 bits per heavy atom. The fraction of sp³-hybridized carbons (Fsp3) is 0.636. The first-order valence-electron chi connectivity index (χ1n) is 6.00. The summed E-state index contributed by atoms with van der Waals surface area (Å²) in [7, 11) is 0. The molecule has 1 amide bonds. The van der Waals surface area contributed by atoms with E-state index >= 15 is 0 Å². The van der Waals surface area contributed by atoms with Gasteiger partial charge in [0.15, 0.2) is 0 Å². The van der Waals surface area contributed by atoms with E-state index in [1.807, 2.05) is 13.8 Å². The highest BCUT2D eigenvalue weighted by Crippen LogP contribution is 1.96. The Morgan fingerprint density at radius 3 is 2.95 bits per heavy atom. The van der Waals surface area contributed by atoms with E-state index in [0.29, 0.717) is 5.69 Å². The van der Waals surface area contributed by atoms with E-state index < -0.39 is 5.97 Å². The second kappa shape index (κ2) is 7.47. The molecule has 0 spiro atoms. The van der Waals surface area contributed by atoms with Crippen molar-refractivity contribution in [3.63, 3.8) is 0 Å². The maximum absolute atomic E-state index is 11.4. The molecule has 0 radical (unpaired) electrons. The molecule has 2 N–H and O–H groups in total. The van der Waals surface area contributed by atoms with Crippen LogP contribution in [0.3, 0.4) is 0 Å². The van der Waals surface area contributed by atoms with E-state index in [1.165, 1.54) is 10.9 Å². The number of rotatable bonds is 8. The summed E-state index contributed by atoms with van der Waals surface area (Å²) in [6.45, 7) is 3.81. The number of nitrogens with one attached hydrogen (secondary N) is 1. The van der Waals surface area contributed by atoms with Crippen LogP contribution in [0.2, 0.25) is 0 Å². The van der Waals surface area contributed by atoms with Crippen molar-refractivity contribution in [1.29, 1.82) is 0 Å².